The molecule has 1 aromatic carbocycles. The van der Waals surface area contributed by atoms with E-state index >= 15 is 0 Å². The third-order valence-corrected chi connectivity index (χ3v) is 5.19. The molecule has 3 nitrogen and oxygen atoms in total. The number of rotatable bonds is 3. The molecule has 1 atom stereocenters. The van der Waals surface area contributed by atoms with Crippen LogP contribution in [0.2, 0.25) is 0 Å². The third-order valence-electron chi connectivity index (χ3n) is 3.26. The highest BCUT2D eigenvalue weighted by molar-refractivity contribution is 9.10. The number of thiophene rings is 1. The van der Waals surface area contributed by atoms with Gasteiger partial charge in [-0.1, -0.05) is 18.2 Å². The zero-order chi connectivity index (χ0) is 13.4. The summed E-state index contributed by atoms with van der Waals surface area (Å²) in [7, 11) is 3.96. The van der Waals surface area contributed by atoms with Gasteiger partial charge in [-0.05, 0) is 40.5 Å². The highest BCUT2D eigenvalue weighted by Gasteiger charge is 2.22. The number of nitrogens with zero attached hydrogens (tertiary/aromatic N) is 2. The molecule has 0 aliphatic carbocycles. The number of hydrogen-bond donors (Lipinski definition) is 1. The molecule has 0 amide bonds. The van der Waals surface area contributed by atoms with Gasteiger partial charge in [0.2, 0.25) is 0 Å². The molecular weight excluding hydrogens is 322 g/mol. The molecule has 0 aliphatic rings. The molecule has 19 heavy (non-hydrogen) atoms. The second-order valence-electron chi connectivity index (χ2n) is 4.38. The van der Waals surface area contributed by atoms with Gasteiger partial charge in [0.05, 0.1) is 17.3 Å². The highest BCUT2D eigenvalue weighted by atomic mass is 79.9. The number of halogens is 1. The average molecular weight is 336 g/mol. The molecule has 0 fully saturated rings. The van der Waals surface area contributed by atoms with Gasteiger partial charge in [-0.2, -0.15) is 5.10 Å². The van der Waals surface area contributed by atoms with E-state index in [0.717, 1.165) is 15.7 Å². The van der Waals surface area contributed by atoms with Gasteiger partial charge in [-0.3, -0.25) is 4.68 Å². The molecule has 0 spiro atoms. The summed E-state index contributed by atoms with van der Waals surface area (Å²) in [6.45, 7) is 0. The summed E-state index contributed by atoms with van der Waals surface area (Å²) >= 11 is 5.35. The van der Waals surface area contributed by atoms with Crippen molar-refractivity contribution < 1.29 is 0 Å². The topological polar surface area (TPSA) is 29.9 Å². The lowest BCUT2D eigenvalue weighted by Crippen LogP contribution is -2.18. The molecule has 1 unspecified atom stereocenters. The summed E-state index contributed by atoms with van der Waals surface area (Å²) in [5.74, 6) is 0. The van der Waals surface area contributed by atoms with Gasteiger partial charge < -0.3 is 5.32 Å². The second-order valence-corrected chi connectivity index (χ2v) is 6.18. The van der Waals surface area contributed by atoms with E-state index in [1.807, 2.05) is 24.8 Å². The summed E-state index contributed by atoms with van der Waals surface area (Å²) in [5.41, 5.74) is 2.23. The van der Waals surface area contributed by atoms with Gasteiger partial charge in [0.15, 0.2) is 0 Å². The predicted molar refractivity (Wildman–Crippen MR) is 83.6 cm³/mol. The Morgan fingerprint density at radius 1 is 1.32 bits per heavy atom. The summed E-state index contributed by atoms with van der Waals surface area (Å²) < 4.78 is 3.07. The Balaban J connectivity index is 2.20. The van der Waals surface area contributed by atoms with Crippen LogP contribution in [0.5, 0.6) is 0 Å². The first kappa shape index (κ1) is 12.8. The fourth-order valence-electron chi connectivity index (χ4n) is 2.36. The van der Waals surface area contributed by atoms with E-state index in [1.54, 1.807) is 11.3 Å². The third kappa shape index (κ3) is 2.12. The van der Waals surface area contributed by atoms with Crippen molar-refractivity contribution in [1.29, 1.82) is 0 Å². The summed E-state index contributed by atoms with van der Waals surface area (Å²) in [5, 5.41) is 11.4. The van der Waals surface area contributed by atoms with Crippen LogP contribution in [-0.2, 0) is 7.05 Å². The van der Waals surface area contributed by atoms with E-state index in [0.29, 0.717) is 0 Å². The number of aromatic nitrogens is 2. The molecule has 0 radical (unpaired) electrons. The minimum absolute atomic E-state index is 0.112. The molecule has 0 saturated heterocycles. The van der Waals surface area contributed by atoms with Crippen LogP contribution in [0.25, 0.3) is 10.9 Å². The SMILES string of the molecule is CNC(c1sccc1Br)c1nn(C)c2ccccc12. The van der Waals surface area contributed by atoms with Gasteiger partial charge in [0.1, 0.15) is 0 Å². The standard InChI is InChI=1S/C14H14BrN3S/c1-16-13(14-10(15)7-8-19-14)12-9-5-3-4-6-11(9)18(2)17-12/h3-8,13,16H,1-2H3. The fraction of sp³-hybridized carbons (Fsp3) is 0.214. The molecule has 98 valence electrons. The quantitative estimate of drug-likeness (QED) is 0.790. The Morgan fingerprint density at radius 3 is 2.79 bits per heavy atom. The van der Waals surface area contributed by atoms with E-state index in [4.69, 9.17) is 5.10 Å². The molecule has 0 aliphatic heterocycles. The van der Waals surface area contributed by atoms with Crippen molar-refractivity contribution in [2.24, 2.45) is 7.05 Å². The maximum atomic E-state index is 4.70. The minimum Gasteiger partial charge on any atom is -0.307 e. The van der Waals surface area contributed by atoms with Crippen molar-refractivity contribution in [1.82, 2.24) is 15.1 Å². The van der Waals surface area contributed by atoms with E-state index in [9.17, 15) is 0 Å². The van der Waals surface area contributed by atoms with Crippen LogP contribution in [0.3, 0.4) is 0 Å². The van der Waals surface area contributed by atoms with Crippen molar-refractivity contribution in [3.63, 3.8) is 0 Å². The van der Waals surface area contributed by atoms with Crippen LogP contribution in [0.1, 0.15) is 16.6 Å². The first-order chi connectivity index (χ1) is 9.22. The zero-order valence-corrected chi connectivity index (χ0v) is 13.1. The average Bonchev–Trinajstić information content (AvgIpc) is 2.98. The summed E-state index contributed by atoms with van der Waals surface area (Å²) in [4.78, 5) is 1.26. The number of benzene rings is 1. The highest BCUT2D eigenvalue weighted by Crippen LogP contribution is 2.35. The first-order valence-electron chi connectivity index (χ1n) is 6.04. The van der Waals surface area contributed by atoms with Crippen LogP contribution < -0.4 is 5.32 Å². The number of hydrogen-bond acceptors (Lipinski definition) is 3. The Kier molecular flexibility index (Phi) is 3.43. The van der Waals surface area contributed by atoms with E-state index in [-0.39, 0.29) is 6.04 Å². The van der Waals surface area contributed by atoms with Crippen LogP contribution in [-0.4, -0.2) is 16.8 Å². The summed E-state index contributed by atoms with van der Waals surface area (Å²) in [6.07, 6.45) is 0. The molecule has 3 aromatic rings. The molecule has 3 rings (SSSR count). The van der Waals surface area contributed by atoms with Crippen molar-refractivity contribution in [2.45, 2.75) is 6.04 Å². The number of nitrogens with one attached hydrogen (secondary N) is 1. The largest absolute Gasteiger partial charge is 0.307 e. The van der Waals surface area contributed by atoms with Crippen molar-refractivity contribution >= 4 is 38.2 Å². The van der Waals surface area contributed by atoms with E-state index in [2.05, 4.69) is 50.9 Å². The van der Waals surface area contributed by atoms with Crippen molar-refractivity contribution in [2.75, 3.05) is 7.05 Å². The lowest BCUT2D eigenvalue weighted by Gasteiger charge is -2.13. The number of para-hydroxylation sites is 1. The Labute approximate surface area is 124 Å². The molecule has 2 aromatic heterocycles. The summed E-state index contributed by atoms with van der Waals surface area (Å²) in [6, 6.07) is 10.5. The zero-order valence-electron chi connectivity index (χ0n) is 10.7. The van der Waals surface area contributed by atoms with Gasteiger partial charge >= 0.3 is 0 Å². The molecule has 2 heterocycles. The van der Waals surface area contributed by atoms with E-state index in [1.165, 1.54) is 10.3 Å². The van der Waals surface area contributed by atoms with Crippen molar-refractivity contribution in [3.05, 3.63) is 50.8 Å². The molecule has 0 bridgehead atoms. The normalized spacial score (nSPS) is 13.0. The van der Waals surface area contributed by atoms with Crippen LogP contribution >= 0.6 is 27.3 Å². The van der Waals surface area contributed by atoms with Crippen LogP contribution in [0.15, 0.2) is 40.2 Å². The van der Waals surface area contributed by atoms with Gasteiger partial charge in [-0.15, -0.1) is 11.3 Å². The number of fused-ring (bicyclic) bond motifs is 1. The number of aryl methyl sites for hydroxylation is 1. The first-order valence-corrected chi connectivity index (χ1v) is 7.71. The lowest BCUT2D eigenvalue weighted by molar-refractivity contribution is 0.655. The maximum Gasteiger partial charge on any atom is 0.0926 e. The molecule has 1 N–H and O–H groups in total. The predicted octanol–water partition coefficient (Wildman–Crippen LogP) is 3.71. The Hall–Kier alpha value is -1.17. The maximum absolute atomic E-state index is 4.70. The van der Waals surface area contributed by atoms with Gasteiger partial charge in [0.25, 0.3) is 0 Å². The Bertz CT molecular complexity index is 716. The monoisotopic (exact) mass is 335 g/mol. The second kappa shape index (κ2) is 5.07. The molecule has 5 heteroatoms. The van der Waals surface area contributed by atoms with Gasteiger partial charge in [-0.25, -0.2) is 0 Å². The smallest absolute Gasteiger partial charge is 0.0926 e. The minimum atomic E-state index is 0.112. The van der Waals surface area contributed by atoms with Crippen LogP contribution in [0.4, 0.5) is 0 Å². The van der Waals surface area contributed by atoms with Gasteiger partial charge in [0, 0.05) is 21.8 Å². The molecular formula is C14H14BrN3S. The van der Waals surface area contributed by atoms with E-state index < -0.39 is 0 Å². The van der Waals surface area contributed by atoms with Crippen molar-refractivity contribution in [3.8, 4) is 0 Å². The Morgan fingerprint density at radius 2 is 2.11 bits per heavy atom. The lowest BCUT2D eigenvalue weighted by atomic mass is 10.1. The van der Waals surface area contributed by atoms with Crippen LogP contribution in [0, 0.1) is 0 Å². The molecule has 0 saturated carbocycles. The fourth-order valence-corrected chi connectivity index (χ4v) is 4.07.